The van der Waals surface area contributed by atoms with Crippen molar-refractivity contribution in [2.24, 2.45) is 0 Å². The highest BCUT2D eigenvalue weighted by Gasteiger charge is 2.20. The molecule has 10 heteroatoms. The second-order valence-corrected chi connectivity index (χ2v) is 7.96. The lowest BCUT2D eigenvalue weighted by Gasteiger charge is -2.23. The van der Waals surface area contributed by atoms with Crippen molar-refractivity contribution < 1.29 is 23.9 Å². The Labute approximate surface area is 202 Å². The number of amides is 3. The SMILES string of the molecule is COc1ccc2c(c1)OCCNC(=O)CN(C(=O)c1cccc(-c3cn[nH]c3)c1)CCCNC2=O. The summed E-state index contributed by atoms with van der Waals surface area (Å²) in [5.74, 6) is 0.0992. The minimum absolute atomic E-state index is 0.104. The molecule has 3 aromatic rings. The van der Waals surface area contributed by atoms with E-state index in [1.165, 1.54) is 12.0 Å². The van der Waals surface area contributed by atoms with Crippen LogP contribution in [-0.2, 0) is 4.79 Å². The Kier molecular flexibility index (Phi) is 7.61. The molecule has 0 aliphatic carbocycles. The molecule has 4 rings (SSSR count). The second kappa shape index (κ2) is 11.2. The van der Waals surface area contributed by atoms with E-state index in [1.807, 2.05) is 6.07 Å². The molecule has 0 radical (unpaired) electrons. The van der Waals surface area contributed by atoms with Crippen LogP contribution in [0.25, 0.3) is 11.1 Å². The fourth-order valence-corrected chi connectivity index (χ4v) is 3.76. The highest BCUT2D eigenvalue weighted by Crippen LogP contribution is 2.25. The Morgan fingerprint density at radius 3 is 2.77 bits per heavy atom. The predicted molar refractivity (Wildman–Crippen MR) is 128 cm³/mol. The molecule has 0 saturated heterocycles. The van der Waals surface area contributed by atoms with Crippen molar-refractivity contribution in [2.75, 3.05) is 39.9 Å². The average molecular weight is 478 g/mol. The smallest absolute Gasteiger partial charge is 0.255 e. The summed E-state index contributed by atoms with van der Waals surface area (Å²) in [6.07, 6.45) is 3.90. The molecule has 0 bridgehead atoms. The molecule has 182 valence electrons. The summed E-state index contributed by atoms with van der Waals surface area (Å²) in [7, 11) is 1.53. The number of hydrogen-bond acceptors (Lipinski definition) is 6. The van der Waals surface area contributed by atoms with Crippen LogP contribution in [0.4, 0.5) is 0 Å². The van der Waals surface area contributed by atoms with Crippen LogP contribution < -0.4 is 20.1 Å². The molecule has 0 saturated carbocycles. The molecule has 35 heavy (non-hydrogen) atoms. The number of fused-ring (bicyclic) bond motifs is 1. The standard InChI is InChI=1S/C25H27N5O5/c1-34-20-6-7-21-22(13-20)35-11-9-26-23(31)16-30(10-3-8-27-24(21)32)25(33)18-5-2-4-17(12-18)19-14-28-29-15-19/h2,4-7,12-15H,3,8-11,16H2,1H3,(H,26,31)(H,27,32)(H,28,29). The van der Waals surface area contributed by atoms with Crippen LogP contribution in [0.1, 0.15) is 27.1 Å². The number of nitrogens with zero attached hydrogens (tertiary/aromatic N) is 2. The number of ether oxygens (including phenoxy) is 2. The summed E-state index contributed by atoms with van der Waals surface area (Å²) in [6.45, 7) is 0.890. The van der Waals surface area contributed by atoms with Crippen LogP contribution in [0.2, 0.25) is 0 Å². The molecule has 0 atom stereocenters. The van der Waals surface area contributed by atoms with Gasteiger partial charge >= 0.3 is 0 Å². The van der Waals surface area contributed by atoms with Gasteiger partial charge in [-0.1, -0.05) is 12.1 Å². The van der Waals surface area contributed by atoms with Gasteiger partial charge in [-0.2, -0.15) is 5.10 Å². The van der Waals surface area contributed by atoms with Gasteiger partial charge in [0, 0.05) is 36.5 Å². The van der Waals surface area contributed by atoms with Crippen molar-refractivity contribution in [1.82, 2.24) is 25.7 Å². The van der Waals surface area contributed by atoms with E-state index in [2.05, 4.69) is 20.8 Å². The van der Waals surface area contributed by atoms with Gasteiger partial charge in [-0.05, 0) is 36.2 Å². The lowest BCUT2D eigenvalue weighted by Crippen LogP contribution is -2.43. The van der Waals surface area contributed by atoms with E-state index in [1.54, 1.807) is 48.8 Å². The van der Waals surface area contributed by atoms with Gasteiger partial charge in [0.25, 0.3) is 11.8 Å². The maximum Gasteiger partial charge on any atom is 0.255 e. The summed E-state index contributed by atoms with van der Waals surface area (Å²) in [5, 5.41) is 12.3. The maximum atomic E-state index is 13.3. The Balaban J connectivity index is 1.49. The lowest BCUT2D eigenvalue weighted by atomic mass is 10.1. The Morgan fingerprint density at radius 2 is 1.97 bits per heavy atom. The largest absolute Gasteiger partial charge is 0.497 e. The molecule has 3 amide bonds. The first-order valence-electron chi connectivity index (χ1n) is 11.3. The van der Waals surface area contributed by atoms with Gasteiger partial charge in [-0.3, -0.25) is 19.5 Å². The first-order valence-corrected chi connectivity index (χ1v) is 11.3. The number of carbonyl (C=O) groups excluding carboxylic acids is 3. The van der Waals surface area contributed by atoms with E-state index in [-0.39, 0.29) is 37.4 Å². The Hall–Kier alpha value is -4.34. The monoisotopic (exact) mass is 477 g/mol. The van der Waals surface area contributed by atoms with Gasteiger partial charge < -0.3 is 25.0 Å². The van der Waals surface area contributed by atoms with Gasteiger partial charge in [0.1, 0.15) is 18.1 Å². The number of aromatic amines is 1. The van der Waals surface area contributed by atoms with Crippen LogP contribution in [0.15, 0.2) is 54.9 Å². The highest BCUT2D eigenvalue weighted by molar-refractivity contribution is 5.98. The summed E-state index contributed by atoms with van der Waals surface area (Å²) in [6, 6.07) is 12.1. The number of methoxy groups -OCH3 is 1. The first-order chi connectivity index (χ1) is 17.0. The summed E-state index contributed by atoms with van der Waals surface area (Å²) in [4.78, 5) is 40.1. The molecule has 0 spiro atoms. The molecule has 1 aliphatic rings. The zero-order chi connectivity index (χ0) is 24.6. The Morgan fingerprint density at radius 1 is 1.09 bits per heavy atom. The molecule has 0 fully saturated rings. The normalized spacial score (nSPS) is 15.2. The van der Waals surface area contributed by atoms with Crippen LogP contribution >= 0.6 is 0 Å². The topological polar surface area (TPSA) is 126 Å². The number of nitrogens with one attached hydrogen (secondary N) is 3. The third kappa shape index (κ3) is 5.97. The van der Waals surface area contributed by atoms with Crippen LogP contribution in [-0.4, -0.2) is 72.7 Å². The predicted octanol–water partition coefficient (Wildman–Crippen LogP) is 1.86. The fraction of sp³-hybridized carbons (Fsp3) is 0.280. The van der Waals surface area contributed by atoms with E-state index in [0.717, 1.165) is 11.1 Å². The van der Waals surface area contributed by atoms with E-state index in [0.29, 0.717) is 42.1 Å². The van der Waals surface area contributed by atoms with Crippen molar-refractivity contribution in [2.45, 2.75) is 6.42 Å². The van der Waals surface area contributed by atoms with Crippen molar-refractivity contribution in [3.63, 3.8) is 0 Å². The maximum absolute atomic E-state index is 13.3. The molecular weight excluding hydrogens is 450 g/mol. The van der Waals surface area contributed by atoms with Gasteiger partial charge in [0.15, 0.2) is 0 Å². The lowest BCUT2D eigenvalue weighted by molar-refractivity contribution is -0.121. The molecule has 0 unspecified atom stereocenters. The zero-order valence-corrected chi connectivity index (χ0v) is 19.4. The van der Waals surface area contributed by atoms with Crippen LogP contribution in [0.5, 0.6) is 11.5 Å². The highest BCUT2D eigenvalue weighted by atomic mass is 16.5. The number of carbonyl (C=O) groups is 3. The second-order valence-electron chi connectivity index (χ2n) is 7.96. The third-order valence-electron chi connectivity index (χ3n) is 5.57. The number of rotatable bonds is 3. The van der Waals surface area contributed by atoms with E-state index in [9.17, 15) is 14.4 Å². The fourth-order valence-electron chi connectivity index (χ4n) is 3.76. The number of aromatic nitrogens is 2. The molecular formula is C25H27N5O5. The summed E-state index contributed by atoms with van der Waals surface area (Å²) >= 11 is 0. The van der Waals surface area contributed by atoms with Crippen molar-refractivity contribution >= 4 is 17.7 Å². The van der Waals surface area contributed by atoms with Crippen LogP contribution in [0.3, 0.4) is 0 Å². The Bertz CT molecular complexity index is 1190. The zero-order valence-electron chi connectivity index (χ0n) is 19.4. The van der Waals surface area contributed by atoms with Crippen LogP contribution in [0, 0.1) is 0 Å². The van der Waals surface area contributed by atoms with E-state index in [4.69, 9.17) is 9.47 Å². The number of hydrogen-bond donors (Lipinski definition) is 3. The van der Waals surface area contributed by atoms with Gasteiger partial charge in [-0.15, -0.1) is 0 Å². The van der Waals surface area contributed by atoms with Gasteiger partial charge in [0.2, 0.25) is 5.91 Å². The van der Waals surface area contributed by atoms with E-state index >= 15 is 0 Å². The molecule has 3 N–H and O–H groups in total. The number of H-pyrrole nitrogens is 1. The minimum Gasteiger partial charge on any atom is -0.497 e. The number of benzene rings is 2. The molecule has 1 aromatic heterocycles. The molecule has 1 aliphatic heterocycles. The van der Waals surface area contributed by atoms with Gasteiger partial charge in [-0.25, -0.2) is 0 Å². The average Bonchev–Trinajstić information content (AvgIpc) is 3.42. The van der Waals surface area contributed by atoms with E-state index < -0.39 is 0 Å². The van der Waals surface area contributed by atoms with Crippen molar-refractivity contribution in [3.8, 4) is 22.6 Å². The third-order valence-corrected chi connectivity index (χ3v) is 5.57. The summed E-state index contributed by atoms with van der Waals surface area (Å²) in [5.41, 5.74) is 2.54. The van der Waals surface area contributed by atoms with Crippen molar-refractivity contribution in [3.05, 3.63) is 66.0 Å². The first kappa shape index (κ1) is 23.8. The summed E-state index contributed by atoms with van der Waals surface area (Å²) < 4.78 is 11.0. The quantitative estimate of drug-likeness (QED) is 0.529. The molecule has 10 nitrogen and oxygen atoms in total. The minimum atomic E-state index is -0.292. The molecule has 2 heterocycles. The van der Waals surface area contributed by atoms with Gasteiger partial charge in [0.05, 0.1) is 32.0 Å². The molecule has 2 aromatic carbocycles. The van der Waals surface area contributed by atoms with Crippen molar-refractivity contribution in [1.29, 1.82) is 0 Å².